The van der Waals surface area contributed by atoms with E-state index in [2.05, 4.69) is 20.9 Å². The van der Waals surface area contributed by atoms with Gasteiger partial charge in [-0.25, -0.2) is 9.78 Å². The number of urea groups is 1. The van der Waals surface area contributed by atoms with Crippen molar-refractivity contribution in [3.63, 3.8) is 0 Å². The maximum Gasteiger partial charge on any atom is 0.321 e. The summed E-state index contributed by atoms with van der Waals surface area (Å²) in [6, 6.07) is 5.48. The predicted octanol–water partition coefficient (Wildman–Crippen LogP) is 2.98. The van der Waals surface area contributed by atoms with Gasteiger partial charge in [0, 0.05) is 34.5 Å². The van der Waals surface area contributed by atoms with Gasteiger partial charge in [0.2, 0.25) is 5.91 Å². The average molecular weight is 386 g/mol. The maximum absolute atomic E-state index is 12.2. The van der Waals surface area contributed by atoms with Gasteiger partial charge in [-0.05, 0) is 30.5 Å². The molecular weight excluding hydrogens is 364 g/mol. The number of aryl methyl sites for hydroxylation is 1. The van der Waals surface area contributed by atoms with Crippen molar-refractivity contribution in [3.05, 3.63) is 29.1 Å². The van der Waals surface area contributed by atoms with E-state index in [4.69, 9.17) is 0 Å². The van der Waals surface area contributed by atoms with E-state index in [0.29, 0.717) is 18.0 Å². The number of nitrogens with one attached hydrogen (secondary N) is 3. The number of nitrogens with zero attached hydrogens (tertiary/aromatic N) is 1. The van der Waals surface area contributed by atoms with Crippen molar-refractivity contribution in [2.75, 3.05) is 10.6 Å². The second kappa shape index (κ2) is 6.61. The standard InChI is InChI=1S/C19H22N4O3S/c1-19(2)14(8-15(19)24)22-17(26)23-18-21-13(9-27-18)11-3-5-12-10(7-11)4-6-16(25)20-12/h3,5,7,9,14-15,24H,4,6,8H2,1-2H3,(H,20,25)(H2,21,22,23,26). The predicted molar refractivity (Wildman–Crippen MR) is 105 cm³/mol. The van der Waals surface area contributed by atoms with E-state index < -0.39 is 0 Å². The van der Waals surface area contributed by atoms with E-state index in [1.807, 2.05) is 37.4 Å². The third-order valence-corrected chi connectivity index (χ3v) is 6.30. The Morgan fingerprint density at radius 3 is 2.93 bits per heavy atom. The van der Waals surface area contributed by atoms with Crippen LogP contribution in [0.3, 0.4) is 0 Å². The van der Waals surface area contributed by atoms with E-state index in [9.17, 15) is 14.7 Å². The fourth-order valence-corrected chi connectivity index (χ4v) is 4.16. The topological polar surface area (TPSA) is 103 Å². The molecular formula is C19H22N4O3S. The molecule has 7 nitrogen and oxygen atoms in total. The molecule has 1 saturated carbocycles. The van der Waals surface area contributed by atoms with Crippen molar-refractivity contribution in [2.24, 2.45) is 5.41 Å². The number of thiazole rings is 1. The van der Waals surface area contributed by atoms with Crippen molar-refractivity contribution < 1.29 is 14.7 Å². The van der Waals surface area contributed by atoms with Crippen LogP contribution in [0.25, 0.3) is 11.3 Å². The molecule has 8 heteroatoms. The first-order chi connectivity index (χ1) is 12.8. The molecule has 2 unspecified atom stereocenters. The first-order valence-corrected chi connectivity index (χ1v) is 9.85. The van der Waals surface area contributed by atoms with Gasteiger partial charge in [-0.3, -0.25) is 10.1 Å². The highest BCUT2D eigenvalue weighted by Crippen LogP contribution is 2.40. The molecule has 0 radical (unpaired) electrons. The molecule has 2 heterocycles. The summed E-state index contributed by atoms with van der Waals surface area (Å²) in [5.41, 5.74) is 3.38. The fourth-order valence-electron chi connectivity index (χ4n) is 3.45. The Kier molecular flexibility index (Phi) is 4.39. The van der Waals surface area contributed by atoms with Crippen molar-refractivity contribution in [1.82, 2.24) is 10.3 Å². The van der Waals surface area contributed by atoms with Gasteiger partial charge in [0.1, 0.15) is 0 Å². The molecule has 0 bridgehead atoms. The molecule has 2 aliphatic rings. The average Bonchev–Trinajstić information content (AvgIpc) is 3.09. The molecule has 27 heavy (non-hydrogen) atoms. The van der Waals surface area contributed by atoms with Crippen LogP contribution < -0.4 is 16.0 Å². The summed E-state index contributed by atoms with van der Waals surface area (Å²) < 4.78 is 0. The van der Waals surface area contributed by atoms with E-state index in [0.717, 1.165) is 28.9 Å². The molecule has 4 N–H and O–H groups in total. The first kappa shape index (κ1) is 17.9. The molecule has 1 fully saturated rings. The molecule has 0 saturated heterocycles. The highest BCUT2D eigenvalue weighted by atomic mass is 32.1. The van der Waals surface area contributed by atoms with Gasteiger partial charge in [-0.15, -0.1) is 11.3 Å². The molecule has 1 aromatic heterocycles. The van der Waals surface area contributed by atoms with Crippen LogP contribution in [0.4, 0.5) is 15.6 Å². The van der Waals surface area contributed by atoms with E-state index in [-0.39, 0.29) is 29.5 Å². The van der Waals surface area contributed by atoms with Gasteiger partial charge in [0.25, 0.3) is 0 Å². The highest BCUT2D eigenvalue weighted by molar-refractivity contribution is 7.14. The number of aliphatic hydroxyl groups excluding tert-OH is 1. The van der Waals surface area contributed by atoms with Crippen LogP contribution in [0.2, 0.25) is 0 Å². The van der Waals surface area contributed by atoms with Crippen molar-refractivity contribution in [2.45, 2.75) is 45.3 Å². The smallest absolute Gasteiger partial charge is 0.321 e. The zero-order valence-corrected chi connectivity index (χ0v) is 16.0. The Morgan fingerprint density at radius 2 is 2.19 bits per heavy atom. The second-order valence-corrected chi connectivity index (χ2v) is 8.54. The number of aromatic nitrogens is 1. The van der Waals surface area contributed by atoms with Crippen LogP contribution in [-0.2, 0) is 11.2 Å². The minimum Gasteiger partial charge on any atom is -0.392 e. The van der Waals surface area contributed by atoms with Gasteiger partial charge in [-0.2, -0.15) is 0 Å². The third kappa shape index (κ3) is 3.42. The summed E-state index contributed by atoms with van der Waals surface area (Å²) in [4.78, 5) is 28.2. The normalized spacial score (nSPS) is 23.0. The first-order valence-electron chi connectivity index (χ1n) is 8.97. The number of carbonyl (C=O) groups excluding carboxylic acids is 2. The van der Waals surface area contributed by atoms with Gasteiger partial charge >= 0.3 is 6.03 Å². The van der Waals surface area contributed by atoms with E-state index >= 15 is 0 Å². The summed E-state index contributed by atoms with van der Waals surface area (Å²) in [6.07, 6.45) is 1.39. The number of aliphatic hydroxyl groups is 1. The maximum atomic E-state index is 12.2. The molecule has 2 aromatic rings. The van der Waals surface area contributed by atoms with Gasteiger partial charge in [-0.1, -0.05) is 19.9 Å². The Balaban J connectivity index is 1.42. The van der Waals surface area contributed by atoms with Gasteiger partial charge < -0.3 is 15.7 Å². The van der Waals surface area contributed by atoms with Crippen LogP contribution in [0.5, 0.6) is 0 Å². The summed E-state index contributed by atoms with van der Waals surface area (Å²) in [6.45, 7) is 3.87. The van der Waals surface area contributed by atoms with Crippen molar-refractivity contribution in [1.29, 1.82) is 0 Å². The quantitative estimate of drug-likeness (QED) is 0.651. The molecule has 2 atom stereocenters. The number of rotatable bonds is 3. The number of hydrogen-bond donors (Lipinski definition) is 4. The second-order valence-electron chi connectivity index (χ2n) is 7.68. The molecule has 0 spiro atoms. The Hall–Kier alpha value is -2.45. The number of hydrogen-bond acceptors (Lipinski definition) is 5. The van der Waals surface area contributed by atoms with Gasteiger partial charge in [0.05, 0.1) is 11.8 Å². The van der Waals surface area contributed by atoms with Crippen LogP contribution in [0, 0.1) is 5.41 Å². The summed E-state index contributed by atoms with van der Waals surface area (Å²) in [5, 5.41) is 20.7. The van der Waals surface area contributed by atoms with Gasteiger partial charge in [0.15, 0.2) is 5.13 Å². The molecule has 142 valence electrons. The molecule has 3 amide bonds. The number of benzene rings is 1. The molecule has 1 aliphatic carbocycles. The largest absolute Gasteiger partial charge is 0.392 e. The lowest BCUT2D eigenvalue weighted by atomic mass is 9.65. The fraction of sp³-hybridized carbons (Fsp3) is 0.421. The molecule has 1 aliphatic heterocycles. The molecule has 1 aromatic carbocycles. The zero-order valence-electron chi connectivity index (χ0n) is 15.2. The lowest BCUT2D eigenvalue weighted by molar-refractivity contribution is -0.116. The van der Waals surface area contributed by atoms with Crippen LogP contribution in [-0.4, -0.2) is 34.2 Å². The summed E-state index contributed by atoms with van der Waals surface area (Å²) in [7, 11) is 0. The lowest BCUT2D eigenvalue weighted by Gasteiger charge is -2.49. The Labute approximate surface area is 161 Å². The van der Waals surface area contributed by atoms with Crippen molar-refractivity contribution in [3.8, 4) is 11.3 Å². The van der Waals surface area contributed by atoms with Crippen molar-refractivity contribution >= 4 is 34.1 Å². The Bertz CT molecular complexity index is 908. The minimum atomic E-state index is -0.386. The number of anilines is 2. The minimum absolute atomic E-state index is 0.0450. The zero-order chi connectivity index (χ0) is 19.2. The summed E-state index contributed by atoms with van der Waals surface area (Å²) >= 11 is 1.36. The number of carbonyl (C=O) groups is 2. The highest BCUT2D eigenvalue weighted by Gasteiger charge is 2.48. The summed E-state index contributed by atoms with van der Waals surface area (Å²) in [5.74, 6) is 0.0450. The number of amides is 3. The Morgan fingerprint density at radius 1 is 1.37 bits per heavy atom. The number of fused-ring (bicyclic) bond motifs is 1. The van der Waals surface area contributed by atoms with Crippen LogP contribution in [0.15, 0.2) is 23.6 Å². The van der Waals surface area contributed by atoms with Crippen LogP contribution >= 0.6 is 11.3 Å². The third-order valence-electron chi connectivity index (χ3n) is 5.54. The molecule has 4 rings (SSSR count). The van der Waals surface area contributed by atoms with E-state index in [1.165, 1.54) is 11.3 Å². The lowest BCUT2D eigenvalue weighted by Crippen LogP contribution is -2.61. The van der Waals surface area contributed by atoms with E-state index in [1.54, 1.807) is 0 Å². The SMILES string of the molecule is CC1(C)C(O)CC1NC(=O)Nc1nc(-c2ccc3c(c2)CCC(=O)N3)cs1. The van der Waals surface area contributed by atoms with Crippen LogP contribution in [0.1, 0.15) is 32.3 Å². The monoisotopic (exact) mass is 386 g/mol.